The van der Waals surface area contributed by atoms with Gasteiger partial charge in [-0.25, -0.2) is 4.79 Å². The maximum Gasteiger partial charge on any atom is 0.349 e. The molecule has 0 radical (unpaired) electrons. The zero-order chi connectivity index (χ0) is 19.0. The fourth-order valence-corrected chi connectivity index (χ4v) is 4.67. The summed E-state index contributed by atoms with van der Waals surface area (Å²) in [6, 6.07) is 1.76. The number of aryl methyl sites for hydroxylation is 1. The number of hydrogen-bond donors (Lipinski definition) is 1. The highest BCUT2D eigenvalue weighted by atomic mass is 16.5. The molecule has 0 aromatic carbocycles. The summed E-state index contributed by atoms with van der Waals surface area (Å²) in [6.07, 6.45) is 3.05. The quantitative estimate of drug-likeness (QED) is 0.858. The van der Waals surface area contributed by atoms with Crippen LogP contribution in [0.3, 0.4) is 0 Å². The van der Waals surface area contributed by atoms with Crippen molar-refractivity contribution in [1.29, 1.82) is 0 Å². The summed E-state index contributed by atoms with van der Waals surface area (Å²) in [4.78, 5) is 27.6. The molecule has 1 aromatic rings. The van der Waals surface area contributed by atoms with E-state index >= 15 is 0 Å². The zero-order valence-corrected chi connectivity index (χ0v) is 15.7. The molecule has 0 unspecified atom stereocenters. The van der Waals surface area contributed by atoms with E-state index < -0.39 is 5.63 Å². The summed E-state index contributed by atoms with van der Waals surface area (Å²) in [6.45, 7) is 4.14. The Morgan fingerprint density at radius 1 is 1.26 bits per heavy atom. The molecule has 7 heteroatoms. The second-order valence-electron chi connectivity index (χ2n) is 7.88. The first-order valence-electron chi connectivity index (χ1n) is 9.84. The number of aliphatic hydroxyl groups excluding tert-OH is 1. The number of fused-ring (bicyclic) bond motifs is 1. The van der Waals surface area contributed by atoms with E-state index in [0.717, 1.165) is 19.3 Å². The van der Waals surface area contributed by atoms with Crippen molar-refractivity contribution < 1.29 is 23.8 Å². The maximum absolute atomic E-state index is 13.2. The SMILES string of the molecule is Cc1cc(C2CCOCC2)oc(=O)c1C(=O)N1CCO[C@H]2C[C@H](CO)C[C@@H]21. The molecule has 3 fully saturated rings. The molecule has 2 aliphatic heterocycles. The molecule has 3 atom stereocenters. The molecule has 148 valence electrons. The van der Waals surface area contributed by atoms with E-state index in [4.69, 9.17) is 13.9 Å². The summed E-state index contributed by atoms with van der Waals surface area (Å²) < 4.78 is 16.7. The van der Waals surface area contributed by atoms with E-state index in [9.17, 15) is 14.7 Å². The Hall–Kier alpha value is -1.70. The van der Waals surface area contributed by atoms with Gasteiger partial charge in [-0.15, -0.1) is 0 Å². The van der Waals surface area contributed by atoms with Gasteiger partial charge >= 0.3 is 5.63 Å². The number of morpholine rings is 1. The van der Waals surface area contributed by atoms with Crippen LogP contribution >= 0.6 is 0 Å². The van der Waals surface area contributed by atoms with E-state index in [2.05, 4.69) is 0 Å². The Kier molecular flexibility index (Phi) is 5.34. The number of rotatable bonds is 3. The monoisotopic (exact) mass is 377 g/mol. The molecule has 0 bridgehead atoms. The van der Waals surface area contributed by atoms with E-state index in [1.54, 1.807) is 11.8 Å². The third-order valence-electron chi connectivity index (χ3n) is 6.16. The van der Waals surface area contributed by atoms with Crippen LogP contribution < -0.4 is 5.63 Å². The molecule has 0 spiro atoms. The minimum absolute atomic E-state index is 0.0614. The first kappa shape index (κ1) is 18.7. The lowest BCUT2D eigenvalue weighted by atomic mass is 9.95. The second-order valence-corrected chi connectivity index (χ2v) is 7.88. The smallest absolute Gasteiger partial charge is 0.349 e. The predicted octanol–water partition coefficient (Wildman–Crippen LogP) is 1.45. The van der Waals surface area contributed by atoms with E-state index in [0.29, 0.717) is 44.1 Å². The maximum atomic E-state index is 13.2. The second kappa shape index (κ2) is 7.73. The third-order valence-corrected chi connectivity index (χ3v) is 6.16. The fraction of sp³-hybridized carbons (Fsp3) is 0.700. The van der Waals surface area contributed by atoms with Crippen LogP contribution in [0.4, 0.5) is 0 Å². The molecule has 1 N–H and O–H groups in total. The van der Waals surface area contributed by atoms with Gasteiger partial charge in [-0.05, 0) is 50.2 Å². The van der Waals surface area contributed by atoms with Gasteiger partial charge in [-0.1, -0.05) is 0 Å². The van der Waals surface area contributed by atoms with Crippen molar-refractivity contribution >= 4 is 5.91 Å². The van der Waals surface area contributed by atoms with E-state index in [1.165, 1.54) is 0 Å². The lowest BCUT2D eigenvalue weighted by molar-refractivity contribution is -0.0450. The number of ether oxygens (including phenoxy) is 2. The van der Waals surface area contributed by atoms with Crippen LogP contribution in [0, 0.1) is 12.8 Å². The van der Waals surface area contributed by atoms with E-state index in [1.807, 2.05) is 6.07 Å². The molecule has 1 aliphatic carbocycles. The van der Waals surface area contributed by atoms with Gasteiger partial charge < -0.3 is 23.9 Å². The van der Waals surface area contributed by atoms with Crippen molar-refractivity contribution in [3.05, 3.63) is 33.4 Å². The van der Waals surface area contributed by atoms with Gasteiger partial charge in [-0.2, -0.15) is 0 Å². The van der Waals surface area contributed by atoms with Crippen LogP contribution in [0.2, 0.25) is 0 Å². The third kappa shape index (κ3) is 3.56. The molecular weight excluding hydrogens is 350 g/mol. The van der Waals surface area contributed by atoms with Crippen LogP contribution in [0.5, 0.6) is 0 Å². The highest BCUT2D eigenvalue weighted by Gasteiger charge is 2.43. The Balaban J connectivity index is 1.59. The Labute approximate surface area is 158 Å². The van der Waals surface area contributed by atoms with Crippen molar-refractivity contribution in [3.63, 3.8) is 0 Å². The van der Waals surface area contributed by atoms with Crippen molar-refractivity contribution in [2.45, 2.75) is 50.7 Å². The molecule has 1 saturated carbocycles. The zero-order valence-electron chi connectivity index (χ0n) is 15.7. The summed E-state index contributed by atoms with van der Waals surface area (Å²) >= 11 is 0. The lowest BCUT2D eigenvalue weighted by Crippen LogP contribution is -2.52. The largest absolute Gasteiger partial charge is 0.427 e. The summed E-state index contributed by atoms with van der Waals surface area (Å²) in [7, 11) is 0. The minimum Gasteiger partial charge on any atom is -0.427 e. The molecule has 7 nitrogen and oxygen atoms in total. The predicted molar refractivity (Wildman–Crippen MR) is 96.9 cm³/mol. The van der Waals surface area contributed by atoms with Crippen molar-refractivity contribution in [3.8, 4) is 0 Å². The summed E-state index contributed by atoms with van der Waals surface area (Å²) in [5.41, 5.74) is 0.234. The molecule has 1 aromatic heterocycles. The lowest BCUT2D eigenvalue weighted by Gasteiger charge is -2.37. The van der Waals surface area contributed by atoms with Gasteiger partial charge in [0.2, 0.25) is 0 Å². The first-order valence-corrected chi connectivity index (χ1v) is 9.84. The van der Waals surface area contributed by atoms with Crippen molar-refractivity contribution in [1.82, 2.24) is 4.90 Å². The van der Waals surface area contributed by atoms with Crippen LogP contribution in [-0.2, 0) is 9.47 Å². The minimum atomic E-state index is -0.554. The van der Waals surface area contributed by atoms with Crippen LogP contribution in [-0.4, -0.2) is 61.0 Å². The van der Waals surface area contributed by atoms with Gasteiger partial charge in [0.05, 0.1) is 18.8 Å². The topological polar surface area (TPSA) is 89.2 Å². The molecule has 27 heavy (non-hydrogen) atoms. The normalized spacial score (nSPS) is 29.0. The van der Waals surface area contributed by atoms with Gasteiger partial charge in [0, 0.05) is 32.3 Å². The molecule has 2 saturated heterocycles. The first-order chi connectivity index (χ1) is 13.1. The van der Waals surface area contributed by atoms with Gasteiger partial charge in [0.25, 0.3) is 5.91 Å². The van der Waals surface area contributed by atoms with Gasteiger partial charge in [-0.3, -0.25) is 4.79 Å². The molecule has 3 aliphatic rings. The van der Waals surface area contributed by atoms with Crippen LogP contribution in [0.1, 0.15) is 53.3 Å². The molecule has 4 rings (SSSR count). The van der Waals surface area contributed by atoms with Gasteiger partial charge in [0.15, 0.2) is 0 Å². The van der Waals surface area contributed by atoms with Crippen LogP contribution in [0.15, 0.2) is 15.3 Å². The highest BCUT2D eigenvalue weighted by molar-refractivity contribution is 5.95. The molecule has 3 heterocycles. The fourth-order valence-electron chi connectivity index (χ4n) is 4.67. The average Bonchev–Trinajstić information content (AvgIpc) is 3.11. The number of aliphatic hydroxyl groups is 1. The summed E-state index contributed by atoms with van der Waals surface area (Å²) in [5, 5.41) is 9.46. The standard InChI is InChI=1S/C20H27NO6/c1-12-8-16(14-2-5-25-6-3-14)27-20(24)18(12)19(23)21-4-7-26-17-10-13(11-22)9-15(17)21/h8,13-15,17,22H,2-7,9-11H2,1H3/t13-,15+,17+/m1/s1. The number of carbonyl (C=O) groups is 1. The number of carbonyl (C=O) groups excluding carboxylic acids is 1. The average molecular weight is 377 g/mol. The van der Waals surface area contributed by atoms with Crippen molar-refractivity contribution in [2.75, 3.05) is 33.0 Å². The number of amides is 1. The Bertz CT molecular complexity index is 753. The number of hydrogen-bond acceptors (Lipinski definition) is 6. The number of nitrogens with zero attached hydrogens (tertiary/aromatic N) is 1. The van der Waals surface area contributed by atoms with Gasteiger partial charge in [0.1, 0.15) is 11.3 Å². The Morgan fingerprint density at radius 2 is 2.04 bits per heavy atom. The van der Waals surface area contributed by atoms with Crippen LogP contribution in [0.25, 0.3) is 0 Å². The van der Waals surface area contributed by atoms with E-state index in [-0.39, 0.29) is 42.1 Å². The summed E-state index contributed by atoms with van der Waals surface area (Å²) in [5.74, 6) is 0.680. The Morgan fingerprint density at radius 3 is 2.74 bits per heavy atom. The molecular formula is C20H27NO6. The molecule has 1 amide bonds. The van der Waals surface area contributed by atoms with Crippen molar-refractivity contribution in [2.24, 2.45) is 5.92 Å². The highest BCUT2D eigenvalue weighted by Crippen LogP contribution is 2.35.